The number of nitrogen functional groups attached to an aromatic ring is 1. The second kappa shape index (κ2) is 6.40. The van der Waals surface area contributed by atoms with E-state index in [2.05, 4.69) is 26.2 Å². The van der Waals surface area contributed by atoms with Gasteiger partial charge in [-0.05, 0) is 43.5 Å². The maximum absolute atomic E-state index is 12.6. The Morgan fingerprint density at radius 3 is 3.04 bits per heavy atom. The lowest BCUT2D eigenvalue weighted by atomic mass is 9.93. The molecule has 0 saturated carbocycles. The van der Waals surface area contributed by atoms with Crippen molar-refractivity contribution in [1.82, 2.24) is 4.98 Å². The van der Waals surface area contributed by atoms with Crippen LogP contribution in [-0.2, 0) is 6.42 Å². The molecule has 7 heteroatoms. The van der Waals surface area contributed by atoms with Crippen molar-refractivity contribution < 1.29 is 9.90 Å². The van der Waals surface area contributed by atoms with Gasteiger partial charge < -0.3 is 16.2 Å². The van der Waals surface area contributed by atoms with E-state index in [1.54, 1.807) is 0 Å². The molecule has 1 aromatic carbocycles. The minimum Gasteiger partial charge on any atom is -0.397 e. The van der Waals surface area contributed by atoms with Crippen molar-refractivity contribution in [2.24, 2.45) is 0 Å². The number of hydrogen-bond donors (Lipinski definition) is 3. The van der Waals surface area contributed by atoms with Gasteiger partial charge in [0.05, 0.1) is 11.8 Å². The van der Waals surface area contributed by atoms with E-state index in [4.69, 9.17) is 5.73 Å². The Morgan fingerprint density at radius 2 is 2.24 bits per heavy atom. The molecular weight excluding hydrogens is 402 g/mol. The highest BCUT2D eigenvalue weighted by molar-refractivity contribution is 9.10. The zero-order valence-corrected chi connectivity index (χ0v) is 15.7. The predicted octanol–water partition coefficient (Wildman–Crippen LogP) is 4.26. The summed E-state index contributed by atoms with van der Waals surface area (Å²) in [6, 6.07) is 9.28. The van der Waals surface area contributed by atoms with Crippen LogP contribution in [-0.4, -0.2) is 16.0 Å². The van der Waals surface area contributed by atoms with Gasteiger partial charge >= 0.3 is 0 Å². The number of amides is 1. The maximum Gasteiger partial charge on any atom is 0.267 e. The van der Waals surface area contributed by atoms with E-state index in [0.717, 1.165) is 45.2 Å². The Morgan fingerprint density at radius 1 is 1.40 bits per heavy atom. The number of rotatable bonds is 2. The molecule has 0 spiro atoms. The maximum atomic E-state index is 12.6. The van der Waals surface area contributed by atoms with Crippen LogP contribution in [0, 0.1) is 0 Å². The van der Waals surface area contributed by atoms with Crippen molar-refractivity contribution in [3.63, 3.8) is 0 Å². The van der Waals surface area contributed by atoms with Crippen molar-refractivity contribution in [2.75, 3.05) is 11.1 Å². The van der Waals surface area contributed by atoms with E-state index < -0.39 is 6.10 Å². The van der Waals surface area contributed by atoms with Gasteiger partial charge in [-0.25, -0.2) is 4.98 Å². The Hall–Kier alpha value is -1.96. The molecule has 25 heavy (non-hydrogen) atoms. The number of fused-ring (bicyclic) bond motifs is 2. The lowest BCUT2D eigenvalue weighted by Crippen LogP contribution is -2.12. The van der Waals surface area contributed by atoms with Gasteiger partial charge in [0.25, 0.3) is 5.91 Å². The number of aliphatic hydroxyl groups is 1. The highest BCUT2D eigenvalue weighted by Gasteiger charge is 2.24. The SMILES string of the molecule is Nc1c(C(=O)Nc2cccc(Br)c2)sc2nc3c(cc12)C(O)CCC3. The van der Waals surface area contributed by atoms with Crippen molar-refractivity contribution in [3.8, 4) is 0 Å². The average molecular weight is 418 g/mol. The first kappa shape index (κ1) is 16.5. The molecule has 0 radical (unpaired) electrons. The van der Waals surface area contributed by atoms with Crippen LogP contribution in [0.2, 0.25) is 0 Å². The van der Waals surface area contributed by atoms with Gasteiger partial charge in [-0.2, -0.15) is 0 Å². The smallest absolute Gasteiger partial charge is 0.267 e. The molecule has 0 bridgehead atoms. The fraction of sp³-hybridized carbons (Fsp3) is 0.222. The largest absolute Gasteiger partial charge is 0.397 e. The number of halogens is 1. The van der Waals surface area contributed by atoms with Gasteiger partial charge in [0.2, 0.25) is 0 Å². The zero-order chi connectivity index (χ0) is 17.6. The number of hydrogen-bond acceptors (Lipinski definition) is 5. The van der Waals surface area contributed by atoms with Crippen LogP contribution in [0.5, 0.6) is 0 Å². The number of carbonyl (C=O) groups is 1. The van der Waals surface area contributed by atoms with E-state index in [1.807, 2.05) is 30.3 Å². The standard InChI is InChI=1S/C18H16BrN3O2S/c19-9-3-1-4-10(7-9)21-17(24)16-15(20)12-8-11-13(22-18(12)25-16)5-2-6-14(11)23/h1,3-4,7-8,14,23H,2,5-6,20H2,(H,21,24). The highest BCUT2D eigenvalue weighted by atomic mass is 79.9. The molecule has 1 amide bonds. The number of aryl methyl sites for hydroxylation is 1. The summed E-state index contributed by atoms with van der Waals surface area (Å²) in [4.78, 5) is 18.5. The number of benzene rings is 1. The number of carbonyl (C=O) groups excluding carboxylic acids is 1. The number of thiophene rings is 1. The summed E-state index contributed by atoms with van der Waals surface area (Å²) in [5.41, 5.74) is 9.08. The molecular formula is C18H16BrN3O2S. The summed E-state index contributed by atoms with van der Waals surface area (Å²) in [6.07, 6.45) is 2.00. The van der Waals surface area contributed by atoms with Gasteiger partial charge in [-0.15, -0.1) is 11.3 Å². The first-order chi connectivity index (χ1) is 12.0. The second-order valence-electron chi connectivity index (χ2n) is 6.09. The minimum absolute atomic E-state index is 0.253. The number of nitrogens with zero attached hydrogens (tertiary/aromatic N) is 1. The van der Waals surface area contributed by atoms with E-state index in [9.17, 15) is 9.90 Å². The van der Waals surface area contributed by atoms with Crippen LogP contribution in [0.15, 0.2) is 34.8 Å². The lowest BCUT2D eigenvalue weighted by Gasteiger charge is -2.20. The van der Waals surface area contributed by atoms with Crippen LogP contribution in [0.4, 0.5) is 11.4 Å². The van der Waals surface area contributed by atoms with Crippen LogP contribution >= 0.6 is 27.3 Å². The molecule has 1 aliphatic carbocycles. The van der Waals surface area contributed by atoms with Gasteiger partial charge in [0.15, 0.2) is 0 Å². The number of aliphatic hydroxyl groups excluding tert-OH is 1. The lowest BCUT2D eigenvalue weighted by molar-refractivity contribution is 0.103. The monoisotopic (exact) mass is 417 g/mol. The third kappa shape index (κ3) is 3.03. The van der Waals surface area contributed by atoms with Gasteiger partial charge in [-0.3, -0.25) is 4.79 Å². The first-order valence-corrected chi connectivity index (χ1v) is 9.60. The van der Waals surface area contributed by atoms with E-state index in [1.165, 1.54) is 11.3 Å². The summed E-state index contributed by atoms with van der Waals surface area (Å²) in [6.45, 7) is 0. The average Bonchev–Trinajstić information content (AvgIpc) is 2.90. The van der Waals surface area contributed by atoms with Crippen LogP contribution in [0.3, 0.4) is 0 Å². The van der Waals surface area contributed by atoms with Gasteiger partial charge in [0, 0.05) is 26.8 Å². The third-order valence-corrected chi connectivity index (χ3v) is 5.98. The Balaban J connectivity index is 1.72. The van der Waals surface area contributed by atoms with Crippen LogP contribution in [0.1, 0.15) is 39.9 Å². The summed E-state index contributed by atoms with van der Waals surface area (Å²) in [7, 11) is 0. The fourth-order valence-electron chi connectivity index (χ4n) is 3.12. The third-order valence-electron chi connectivity index (χ3n) is 4.37. The highest BCUT2D eigenvalue weighted by Crippen LogP contribution is 2.38. The summed E-state index contributed by atoms with van der Waals surface area (Å²) in [5, 5.41) is 13.8. The van der Waals surface area contributed by atoms with Crippen molar-refractivity contribution in [1.29, 1.82) is 0 Å². The topological polar surface area (TPSA) is 88.2 Å². The molecule has 0 fully saturated rings. The minimum atomic E-state index is -0.501. The molecule has 1 atom stereocenters. The number of nitrogens with one attached hydrogen (secondary N) is 1. The molecule has 3 aromatic rings. The molecule has 4 N–H and O–H groups in total. The summed E-state index contributed by atoms with van der Waals surface area (Å²) in [5.74, 6) is -0.253. The first-order valence-electron chi connectivity index (χ1n) is 7.99. The molecule has 2 aromatic heterocycles. The molecule has 128 valence electrons. The summed E-state index contributed by atoms with van der Waals surface area (Å²) < 4.78 is 0.887. The zero-order valence-electron chi connectivity index (χ0n) is 13.3. The fourth-order valence-corrected chi connectivity index (χ4v) is 4.51. The van der Waals surface area contributed by atoms with Crippen molar-refractivity contribution in [2.45, 2.75) is 25.4 Å². The predicted molar refractivity (Wildman–Crippen MR) is 104 cm³/mol. The molecule has 0 aliphatic heterocycles. The van der Waals surface area contributed by atoms with Gasteiger partial charge in [0.1, 0.15) is 9.71 Å². The molecule has 1 unspecified atom stereocenters. The number of aromatic nitrogens is 1. The molecule has 4 rings (SSSR count). The van der Waals surface area contributed by atoms with Crippen molar-refractivity contribution in [3.05, 3.63) is 50.9 Å². The Labute approximate surface area is 157 Å². The number of pyridine rings is 1. The van der Waals surface area contributed by atoms with Crippen LogP contribution < -0.4 is 11.1 Å². The van der Waals surface area contributed by atoms with Crippen molar-refractivity contribution >= 4 is 54.8 Å². The molecule has 2 heterocycles. The summed E-state index contributed by atoms with van der Waals surface area (Å²) >= 11 is 4.68. The van der Waals surface area contributed by atoms with Gasteiger partial charge in [-0.1, -0.05) is 22.0 Å². The Bertz CT molecular complexity index is 986. The van der Waals surface area contributed by atoms with Crippen LogP contribution in [0.25, 0.3) is 10.2 Å². The normalized spacial score (nSPS) is 16.6. The quantitative estimate of drug-likeness (QED) is 0.580. The number of nitrogens with two attached hydrogens (primary N) is 1. The van der Waals surface area contributed by atoms with E-state index in [-0.39, 0.29) is 5.91 Å². The molecule has 1 aliphatic rings. The Kier molecular flexibility index (Phi) is 4.23. The number of anilines is 2. The molecule has 0 saturated heterocycles. The van der Waals surface area contributed by atoms with E-state index in [0.29, 0.717) is 16.3 Å². The second-order valence-corrected chi connectivity index (χ2v) is 8.01. The van der Waals surface area contributed by atoms with E-state index >= 15 is 0 Å². The molecule has 5 nitrogen and oxygen atoms in total.